The molecule has 1 aliphatic carbocycles. The van der Waals surface area contributed by atoms with Crippen LogP contribution in [-0.4, -0.2) is 18.5 Å². The van der Waals surface area contributed by atoms with Gasteiger partial charge in [0, 0.05) is 17.5 Å². The van der Waals surface area contributed by atoms with Crippen molar-refractivity contribution >= 4 is 17.3 Å². The van der Waals surface area contributed by atoms with Crippen molar-refractivity contribution < 1.29 is 0 Å². The first kappa shape index (κ1) is 11.5. The van der Waals surface area contributed by atoms with Crippen molar-refractivity contribution in [3.63, 3.8) is 0 Å². The number of hydrogen-bond acceptors (Lipinski definition) is 2. The highest BCUT2D eigenvalue weighted by atomic mass is 32.1. The minimum atomic E-state index is 0.626. The largest absolute Gasteiger partial charge is 0.357 e. The van der Waals surface area contributed by atoms with Crippen LogP contribution in [0.4, 0.5) is 0 Å². The molecular weight excluding hydrogens is 218 g/mol. The summed E-state index contributed by atoms with van der Waals surface area (Å²) in [6.45, 7) is 6.05. The van der Waals surface area contributed by atoms with Crippen LogP contribution in [0.15, 0.2) is 22.5 Å². The molecule has 2 rings (SSSR count). The van der Waals surface area contributed by atoms with Crippen LogP contribution in [0.25, 0.3) is 0 Å². The average Bonchev–Trinajstić information content (AvgIpc) is 2.80. The molecule has 2 N–H and O–H groups in total. The summed E-state index contributed by atoms with van der Waals surface area (Å²) in [7, 11) is 0. The van der Waals surface area contributed by atoms with Gasteiger partial charge in [-0.05, 0) is 30.7 Å². The smallest absolute Gasteiger partial charge is 0.191 e. The van der Waals surface area contributed by atoms with Gasteiger partial charge >= 0.3 is 0 Å². The summed E-state index contributed by atoms with van der Waals surface area (Å²) in [6.07, 6.45) is 1.27. The zero-order chi connectivity index (χ0) is 11.4. The molecule has 1 fully saturated rings. The van der Waals surface area contributed by atoms with Crippen LogP contribution in [0.2, 0.25) is 0 Å². The Balaban J connectivity index is 1.87. The van der Waals surface area contributed by atoms with Gasteiger partial charge in [-0.2, -0.15) is 0 Å². The summed E-state index contributed by atoms with van der Waals surface area (Å²) < 4.78 is 0. The second kappa shape index (κ2) is 5.34. The molecule has 0 aliphatic heterocycles. The highest BCUT2D eigenvalue weighted by molar-refractivity contribution is 7.09. The molecule has 0 saturated heterocycles. The molecule has 1 aromatic heterocycles. The lowest BCUT2D eigenvalue weighted by Crippen LogP contribution is -2.39. The standard InChI is InChI=1S/C12H19N3S/c1-3-13-12(15-11-7-9(11)2)14-8-10-5-4-6-16-10/h4-6,9,11H,3,7-8H2,1-2H3,(H2,13,14,15). The molecule has 16 heavy (non-hydrogen) atoms. The van der Waals surface area contributed by atoms with E-state index in [9.17, 15) is 0 Å². The Morgan fingerprint density at radius 3 is 3.00 bits per heavy atom. The van der Waals surface area contributed by atoms with Crippen LogP contribution >= 0.6 is 11.3 Å². The summed E-state index contributed by atoms with van der Waals surface area (Å²) in [5.74, 6) is 1.75. The lowest BCUT2D eigenvalue weighted by Gasteiger charge is -2.10. The SMILES string of the molecule is CCNC(=NCc1cccs1)NC1CC1C. The molecule has 0 radical (unpaired) electrons. The van der Waals surface area contributed by atoms with Crippen molar-refractivity contribution in [3.05, 3.63) is 22.4 Å². The monoisotopic (exact) mass is 237 g/mol. The van der Waals surface area contributed by atoms with Gasteiger partial charge < -0.3 is 10.6 Å². The molecule has 0 aromatic carbocycles. The molecule has 0 bridgehead atoms. The number of nitrogens with one attached hydrogen (secondary N) is 2. The highest BCUT2D eigenvalue weighted by Gasteiger charge is 2.33. The van der Waals surface area contributed by atoms with Crippen LogP contribution in [0, 0.1) is 5.92 Å². The third kappa shape index (κ3) is 3.23. The van der Waals surface area contributed by atoms with Gasteiger partial charge in [0.2, 0.25) is 0 Å². The Bertz CT molecular complexity index is 345. The van der Waals surface area contributed by atoms with Crippen LogP contribution < -0.4 is 10.6 Å². The van der Waals surface area contributed by atoms with Gasteiger partial charge in [-0.25, -0.2) is 4.99 Å². The first-order valence-corrected chi connectivity index (χ1v) is 6.74. The topological polar surface area (TPSA) is 36.4 Å². The highest BCUT2D eigenvalue weighted by Crippen LogP contribution is 2.28. The zero-order valence-corrected chi connectivity index (χ0v) is 10.7. The Morgan fingerprint density at radius 2 is 2.44 bits per heavy atom. The molecule has 88 valence electrons. The summed E-state index contributed by atoms with van der Waals surface area (Å²) in [5, 5.41) is 8.82. The molecule has 1 aliphatic rings. The Hall–Kier alpha value is -1.03. The molecule has 2 unspecified atom stereocenters. The van der Waals surface area contributed by atoms with Crippen molar-refractivity contribution in [2.45, 2.75) is 32.9 Å². The second-order valence-electron chi connectivity index (χ2n) is 4.24. The van der Waals surface area contributed by atoms with Crippen molar-refractivity contribution in [1.82, 2.24) is 10.6 Å². The van der Waals surface area contributed by atoms with Crippen LogP contribution in [-0.2, 0) is 6.54 Å². The van der Waals surface area contributed by atoms with E-state index in [0.717, 1.165) is 25.0 Å². The van der Waals surface area contributed by atoms with Gasteiger partial charge in [0.25, 0.3) is 0 Å². The van der Waals surface area contributed by atoms with E-state index in [0.29, 0.717) is 6.04 Å². The fraction of sp³-hybridized carbons (Fsp3) is 0.583. The van der Waals surface area contributed by atoms with E-state index in [2.05, 4.69) is 47.0 Å². The lowest BCUT2D eigenvalue weighted by molar-refractivity contribution is 0.767. The van der Waals surface area contributed by atoms with Crippen LogP contribution in [0.1, 0.15) is 25.1 Å². The predicted molar refractivity (Wildman–Crippen MR) is 69.8 cm³/mol. The van der Waals surface area contributed by atoms with Crippen LogP contribution in [0.3, 0.4) is 0 Å². The van der Waals surface area contributed by atoms with Crippen molar-refractivity contribution in [1.29, 1.82) is 0 Å². The quantitative estimate of drug-likeness (QED) is 0.622. The lowest BCUT2D eigenvalue weighted by atomic mass is 10.4. The molecule has 1 saturated carbocycles. The Labute approximate surface area is 101 Å². The third-order valence-corrected chi connectivity index (χ3v) is 3.61. The summed E-state index contributed by atoms with van der Waals surface area (Å²) in [5.41, 5.74) is 0. The van der Waals surface area contributed by atoms with E-state index in [-0.39, 0.29) is 0 Å². The average molecular weight is 237 g/mol. The molecule has 3 nitrogen and oxygen atoms in total. The number of aliphatic imine (C=N–C) groups is 1. The fourth-order valence-electron chi connectivity index (χ4n) is 1.58. The number of thiophene rings is 1. The third-order valence-electron chi connectivity index (χ3n) is 2.75. The molecule has 1 heterocycles. The van der Waals surface area contributed by atoms with Gasteiger partial charge in [-0.1, -0.05) is 13.0 Å². The zero-order valence-electron chi connectivity index (χ0n) is 9.86. The summed E-state index contributed by atoms with van der Waals surface area (Å²) in [4.78, 5) is 5.88. The molecule has 0 spiro atoms. The molecular formula is C12H19N3S. The number of nitrogens with zero attached hydrogens (tertiary/aromatic N) is 1. The fourth-order valence-corrected chi connectivity index (χ4v) is 2.21. The van der Waals surface area contributed by atoms with Crippen molar-refractivity contribution in [2.24, 2.45) is 10.9 Å². The van der Waals surface area contributed by atoms with E-state index < -0.39 is 0 Å². The normalized spacial score (nSPS) is 24.2. The Morgan fingerprint density at radius 1 is 1.62 bits per heavy atom. The van der Waals surface area contributed by atoms with Crippen molar-refractivity contribution in [2.75, 3.05) is 6.54 Å². The predicted octanol–water partition coefficient (Wildman–Crippen LogP) is 2.21. The Kier molecular flexibility index (Phi) is 3.83. The molecule has 1 aromatic rings. The first-order valence-electron chi connectivity index (χ1n) is 5.87. The maximum atomic E-state index is 4.58. The minimum absolute atomic E-state index is 0.626. The van der Waals surface area contributed by atoms with Gasteiger partial charge in [0.1, 0.15) is 0 Å². The maximum Gasteiger partial charge on any atom is 0.191 e. The number of rotatable bonds is 4. The number of hydrogen-bond donors (Lipinski definition) is 2. The summed E-state index contributed by atoms with van der Waals surface area (Å²) in [6, 6.07) is 4.82. The summed E-state index contributed by atoms with van der Waals surface area (Å²) >= 11 is 1.76. The van der Waals surface area contributed by atoms with E-state index in [1.165, 1.54) is 11.3 Å². The van der Waals surface area contributed by atoms with Crippen molar-refractivity contribution in [3.8, 4) is 0 Å². The van der Waals surface area contributed by atoms with Gasteiger partial charge in [0.05, 0.1) is 6.54 Å². The maximum absolute atomic E-state index is 4.58. The van der Waals surface area contributed by atoms with E-state index in [1.54, 1.807) is 11.3 Å². The van der Waals surface area contributed by atoms with E-state index >= 15 is 0 Å². The minimum Gasteiger partial charge on any atom is -0.357 e. The van der Waals surface area contributed by atoms with Gasteiger partial charge in [-0.15, -0.1) is 11.3 Å². The van der Waals surface area contributed by atoms with Gasteiger partial charge in [0.15, 0.2) is 5.96 Å². The van der Waals surface area contributed by atoms with Crippen LogP contribution in [0.5, 0.6) is 0 Å². The number of guanidine groups is 1. The first-order chi connectivity index (χ1) is 7.79. The van der Waals surface area contributed by atoms with Gasteiger partial charge in [-0.3, -0.25) is 0 Å². The van der Waals surface area contributed by atoms with E-state index in [4.69, 9.17) is 0 Å². The van der Waals surface area contributed by atoms with E-state index in [1.807, 2.05) is 0 Å². The second-order valence-corrected chi connectivity index (χ2v) is 5.27. The molecule has 0 amide bonds. The molecule has 2 atom stereocenters. The molecule has 4 heteroatoms.